The van der Waals surface area contributed by atoms with Gasteiger partial charge in [-0.2, -0.15) is 0 Å². The van der Waals surface area contributed by atoms with Crippen LogP contribution in [0.15, 0.2) is 29.5 Å². The summed E-state index contributed by atoms with van der Waals surface area (Å²) in [7, 11) is 1.53. The lowest BCUT2D eigenvalue weighted by Gasteiger charge is -2.54. The highest BCUT2D eigenvalue weighted by Gasteiger charge is 2.59. The molecule has 2 bridgehead atoms. The van der Waals surface area contributed by atoms with Gasteiger partial charge < -0.3 is 29.5 Å². The van der Waals surface area contributed by atoms with E-state index in [1.807, 2.05) is 11.5 Å². The summed E-state index contributed by atoms with van der Waals surface area (Å²) >= 11 is 0. The summed E-state index contributed by atoms with van der Waals surface area (Å²) in [5.74, 6) is 2.00. The van der Waals surface area contributed by atoms with E-state index in [9.17, 15) is 19.5 Å². The number of anilines is 1. The lowest BCUT2D eigenvalue weighted by molar-refractivity contribution is -0.124. The Morgan fingerprint density at radius 1 is 1.04 bits per heavy atom. The molecule has 1 unspecified atom stereocenters. The molecule has 266 valence electrons. The van der Waals surface area contributed by atoms with Crippen LogP contribution in [0.25, 0.3) is 16.9 Å². The first kappa shape index (κ1) is 31.9. The number of methoxy groups -OCH3 is 1. The first-order valence-electron chi connectivity index (χ1n) is 18.1. The second kappa shape index (κ2) is 11.7. The minimum Gasteiger partial charge on any atom is -0.504 e. The fraction of sp³-hybridized carbons (Fsp3) is 0.556. The molecule has 4 aromatic heterocycles. The third-order valence-corrected chi connectivity index (χ3v) is 12.2. The Morgan fingerprint density at radius 3 is 2.57 bits per heavy atom. The molecule has 2 N–H and O–H groups in total. The predicted molar refractivity (Wildman–Crippen MR) is 185 cm³/mol. The van der Waals surface area contributed by atoms with Crippen molar-refractivity contribution in [2.75, 3.05) is 25.1 Å². The van der Waals surface area contributed by atoms with E-state index in [4.69, 9.17) is 14.9 Å². The number of piperazine rings is 1. The van der Waals surface area contributed by atoms with Crippen LogP contribution in [0.5, 0.6) is 11.6 Å². The van der Waals surface area contributed by atoms with Crippen LogP contribution in [0.4, 0.5) is 5.69 Å². The molecule has 6 aliphatic rings. The topological polar surface area (TPSA) is 173 Å². The van der Waals surface area contributed by atoms with Gasteiger partial charge in [-0.1, -0.05) is 6.92 Å². The Kier molecular flexibility index (Phi) is 7.33. The summed E-state index contributed by atoms with van der Waals surface area (Å²) in [4.78, 5) is 59.8. The van der Waals surface area contributed by atoms with Crippen molar-refractivity contribution in [1.82, 2.24) is 44.7 Å². The molecule has 0 radical (unpaired) electrons. The number of amides is 2. The number of ether oxygens (including phenoxy) is 1. The maximum atomic E-state index is 14.6. The van der Waals surface area contributed by atoms with Gasteiger partial charge in [0.05, 0.1) is 24.5 Å². The third-order valence-electron chi connectivity index (χ3n) is 12.2. The molecular formula is C36H42N10O5. The third kappa shape index (κ3) is 5.06. The molecule has 51 heavy (non-hydrogen) atoms. The number of hydrogen-bond acceptors (Lipinski definition) is 11. The molecule has 2 amide bonds. The zero-order valence-electron chi connectivity index (χ0n) is 29.1. The van der Waals surface area contributed by atoms with Crippen molar-refractivity contribution < 1.29 is 19.4 Å². The number of fused-ring (bicyclic) bond motifs is 3. The second-order valence-electron chi connectivity index (χ2n) is 15.0. The van der Waals surface area contributed by atoms with Crippen LogP contribution in [0.1, 0.15) is 73.7 Å². The number of hydrogen-bond donors (Lipinski definition) is 2. The van der Waals surface area contributed by atoms with E-state index >= 15 is 0 Å². The molecule has 3 atom stereocenters. The van der Waals surface area contributed by atoms with Crippen molar-refractivity contribution in [3.8, 4) is 17.3 Å². The Labute approximate surface area is 294 Å². The number of carbonyl (C=O) groups excluding carboxylic acids is 2. The largest absolute Gasteiger partial charge is 0.504 e. The van der Waals surface area contributed by atoms with E-state index in [2.05, 4.69) is 25.2 Å². The first-order chi connectivity index (χ1) is 24.7. The van der Waals surface area contributed by atoms with Gasteiger partial charge in [-0.3, -0.25) is 14.4 Å². The second-order valence-corrected chi connectivity index (χ2v) is 15.0. The molecule has 0 aromatic carbocycles. The highest BCUT2D eigenvalue weighted by molar-refractivity contribution is 5.95. The molecule has 1 saturated heterocycles. The number of aryl methyl sites for hydroxylation is 1. The molecule has 0 spiro atoms. The maximum absolute atomic E-state index is 14.6. The van der Waals surface area contributed by atoms with Gasteiger partial charge in [0.25, 0.3) is 5.91 Å². The van der Waals surface area contributed by atoms with Crippen LogP contribution in [-0.2, 0) is 17.8 Å². The van der Waals surface area contributed by atoms with Gasteiger partial charge in [-0.25, -0.2) is 15.0 Å². The van der Waals surface area contributed by atoms with E-state index in [1.165, 1.54) is 31.1 Å². The number of aromatic hydroxyl groups is 1. The number of nitrogens with zero attached hydrogens (tertiary/aromatic N) is 9. The molecule has 4 aromatic rings. The van der Waals surface area contributed by atoms with Crippen molar-refractivity contribution in [3.05, 3.63) is 52.0 Å². The number of carbonyl (C=O) groups is 2. The van der Waals surface area contributed by atoms with Crippen molar-refractivity contribution in [1.29, 1.82) is 0 Å². The fourth-order valence-corrected chi connectivity index (χ4v) is 9.47. The van der Waals surface area contributed by atoms with Crippen LogP contribution in [0.3, 0.4) is 0 Å². The van der Waals surface area contributed by atoms with E-state index in [0.717, 1.165) is 49.9 Å². The molecule has 5 heterocycles. The van der Waals surface area contributed by atoms with Gasteiger partial charge in [0.15, 0.2) is 22.6 Å². The average molecular weight is 695 g/mol. The summed E-state index contributed by atoms with van der Waals surface area (Å²) < 4.78 is 7.20. The van der Waals surface area contributed by atoms with E-state index in [1.54, 1.807) is 30.2 Å². The lowest BCUT2D eigenvalue weighted by atomic mass is 9.75. The summed E-state index contributed by atoms with van der Waals surface area (Å²) in [6, 6.07) is 3.12. The quantitative estimate of drug-likeness (QED) is 0.264. The normalized spacial score (nSPS) is 26.4. The lowest BCUT2D eigenvalue weighted by Crippen LogP contribution is -2.67. The van der Waals surface area contributed by atoms with Crippen molar-refractivity contribution in [2.45, 2.75) is 89.4 Å². The Morgan fingerprint density at radius 2 is 1.84 bits per heavy atom. The van der Waals surface area contributed by atoms with E-state index in [0.29, 0.717) is 53.8 Å². The molecule has 6 fully saturated rings. The Bertz CT molecular complexity index is 2140. The summed E-state index contributed by atoms with van der Waals surface area (Å²) in [5.41, 5.74) is 2.21. The Hall–Kier alpha value is -5.08. The highest BCUT2D eigenvalue weighted by Crippen LogP contribution is 2.62. The fourth-order valence-electron chi connectivity index (χ4n) is 9.47. The van der Waals surface area contributed by atoms with Crippen LogP contribution >= 0.6 is 0 Å². The van der Waals surface area contributed by atoms with Crippen LogP contribution in [0.2, 0.25) is 0 Å². The smallest absolute Gasteiger partial charge is 0.276 e. The molecule has 10 rings (SSSR count). The van der Waals surface area contributed by atoms with Gasteiger partial charge in [-0.15, -0.1) is 15.0 Å². The summed E-state index contributed by atoms with van der Waals surface area (Å²) in [6.07, 6.45) is 10.7. The van der Waals surface area contributed by atoms with Crippen molar-refractivity contribution in [3.63, 3.8) is 0 Å². The molecule has 5 aliphatic carbocycles. The predicted octanol–water partition coefficient (Wildman–Crippen LogP) is 2.54. The number of pyridine rings is 2. The first-order valence-corrected chi connectivity index (χ1v) is 18.1. The summed E-state index contributed by atoms with van der Waals surface area (Å²) in [5, 5.41) is 23.5. The van der Waals surface area contributed by atoms with Crippen LogP contribution < -0.4 is 20.4 Å². The molecule has 5 saturated carbocycles. The van der Waals surface area contributed by atoms with Crippen LogP contribution in [-0.4, -0.2) is 94.2 Å². The van der Waals surface area contributed by atoms with Gasteiger partial charge in [0, 0.05) is 42.6 Å². The molecular weight excluding hydrogens is 652 g/mol. The molecule has 15 heteroatoms. The van der Waals surface area contributed by atoms with Crippen LogP contribution in [0, 0.1) is 24.7 Å². The van der Waals surface area contributed by atoms with E-state index < -0.39 is 0 Å². The van der Waals surface area contributed by atoms with Gasteiger partial charge in [0.2, 0.25) is 17.2 Å². The summed E-state index contributed by atoms with van der Waals surface area (Å²) in [6.45, 7) is 4.35. The van der Waals surface area contributed by atoms with Crippen molar-refractivity contribution >= 4 is 28.7 Å². The molecule has 15 nitrogen and oxygen atoms in total. The van der Waals surface area contributed by atoms with Gasteiger partial charge >= 0.3 is 0 Å². The maximum Gasteiger partial charge on any atom is 0.276 e. The standard InChI is InChI=1S/C36H42N10O5/c1-4-24-31(43-11-12-44(26-8-7-25(26)43)35(50)30-32(48)19(2)38-18-39-30)33(49)29-34(42-46(41-29)22-9-10-37-28(13-22)51-3)45(24)17-27(47)40-36-14-21(15-36)23(16-36)20-5-6-20/h9-10,13,18,20-21,23,25-26,48H,4-8,11-12,14-17H2,1-3H3,(H,40,47)/t21?,23?,25-,26-,36?/m0/s1. The monoisotopic (exact) mass is 694 g/mol. The number of nitrogens with one attached hydrogen (secondary N) is 1. The minimum absolute atomic E-state index is 0.00467. The Balaban J connectivity index is 1.09. The zero-order valence-corrected chi connectivity index (χ0v) is 29.1. The van der Waals surface area contributed by atoms with E-state index in [-0.39, 0.29) is 58.4 Å². The minimum atomic E-state index is -0.350. The van der Waals surface area contributed by atoms with Crippen molar-refractivity contribution in [2.24, 2.45) is 17.8 Å². The average Bonchev–Trinajstić information content (AvgIpc) is 3.59. The SMILES string of the molecule is CCc1c(N2CCN(C(=O)c3ncnc(C)c3O)[C@H]3CC[C@@H]32)c(=O)c2nn(-c3ccnc(OC)c3)nc2n1CC(=O)NC12CC(C1)C(C1CC1)C2. The number of aromatic nitrogens is 7. The zero-order chi connectivity index (χ0) is 35.2. The van der Waals surface area contributed by atoms with Gasteiger partial charge in [-0.05, 0) is 82.1 Å². The highest BCUT2D eigenvalue weighted by atomic mass is 16.5. The number of rotatable bonds is 9. The molecule has 1 aliphatic heterocycles. The van der Waals surface area contributed by atoms with Gasteiger partial charge in [0.1, 0.15) is 18.6 Å².